The molecule has 30 heavy (non-hydrogen) atoms. The molecule has 1 saturated carbocycles. The van der Waals surface area contributed by atoms with E-state index in [1.54, 1.807) is 4.90 Å². The van der Waals surface area contributed by atoms with Crippen molar-refractivity contribution in [3.63, 3.8) is 0 Å². The van der Waals surface area contributed by atoms with Crippen LogP contribution in [0.5, 0.6) is 0 Å². The molecule has 154 valence electrons. The smallest absolute Gasteiger partial charge is 0.275 e. The van der Waals surface area contributed by atoms with Gasteiger partial charge in [0.25, 0.3) is 5.91 Å². The Hall–Kier alpha value is -2.95. The number of hydrogen-bond acceptors (Lipinski definition) is 3. The Labute approximate surface area is 177 Å². The maximum absolute atomic E-state index is 13.5. The summed E-state index contributed by atoms with van der Waals surface area (Å²) in [6.45, 7) is 0.796. The summed E-state index contributed by atoms with van der Waals surface area (Å²) >= 11 is 0. The monoisotopic (exact) mass is 401 g/mol. The maximum Gasteiger partial charge on any atom is 0.275 e. The van der Waals surface area contributed by atoms with Gasteiger partial charge in [-0.3, -0.25) is 14.6 Å². The molecule has 0 bridgehead atoms. The van der Waals surface area contributed by atoms with Crippen LogP contribution in [0, 0.1) is 0 Å². The second-order valence-electron chi connectivity index (χ2n) is 8.54. The second-order valence-corrected chi connectivity index (χ2v) is 8.54. The molecule has 5 heteroatoms. The van der Waals surface area contributed by atoms with Crippen LogP contribution < -0.4 is 4.90 Å². The van der Waals surface area contributed by atoms with Crippen LogP contribution in [0.25, 0.3) is 0 Å². The first kappa shape index (κ1) is 19.0. The van der Waals surface area contributed by atoms with Crippen LogP contribution in [-0.2, 0) is 16.0 Å². The van der Waals surface area contributed by atoms with Crippen molar-refractivity contribution < 1.29 is 9.59 Å². The molecule has 2 aliphatic heterocycles. The summed E-state index contributed by atoms with van der Waals surface area (Å²) < 4.78 is 0. The molecule has 5 nitrogen and oxygen atoms in total. The number of benzene rings is 2. The normalized spacial score (nSPS) is 20.3. The number of aryl methyl sites for hydroxylation is 1. The number of anilines is 1. The molecular weight excluding hydrogens is 374 g/mol. The van der Waals surface area contributed by atoms with E-state index in [2.05, 4.69) is 6.07 Å². The topological polar surface area (TPSA) is 53.0 Å². The molecule has 1 spiro atoms. The van der Waals surface area contributed by atoms with E-state index < -0.39 is 5.66 Å². The van der Waals surface area contributed by atoms with Crippen LogP contribution in [0.2, 0.25) is 0 Å². The van der Waals surface area contributed by atoms with Gasteiger partial charge in [0.2, 0.25) is 5.91 Å². The molecule has 0 atom stereocenters. The average molecular weight is 402 g/mol. The third kappa shape index (κ3) is 3.22. The number of fused-ring (bicyclic) bond motifs is 1. The first-order valence-corrected chi connectivity index (χ1v) is 11.0. The van der Waals surface area contributed by atoms with Gasteiger partial charge in [0.15, 0.2) is 0 Å². The molecule has 2 heterocycles. The van der Waals surface area contributed by atoms with E-state index in [4.69, 9.17) is 4.99 Å². The van der Waals surface area contributed by atoms with Gasteiger partial charge in [0.05, 0.1) is 0 Å². The van der Waals surface area contributed by atoms with Crippen LogP contribution >= 0.6 is 0 Å². The van der Waals surface area contributed by atoms with Crippen LogP contribution in [0.1, 0.15) is 49.7 Å². The molecule has 0 N–H and O–H groups in total. The minimum Gasteiger partial charge on any atom is -0.311 e. The quantitative estimate of drug-likeness (QED) is 0.782. The third-order valence-corrected chi connectivity index (χ3v) is 6.68. The molecule has 0 saturated heterocycles. The number of hydrogen-bond donors (Lipinski definition) is 0. The Balaban J connectivity index is 1.45. The lowest BCUT2D eigenvalue weighted by Gasteiger charge is -2.40. The van der Waals surface area contributed by atoms with E-state index in [0.29, 0.717) is 12.3 Å². The van der Waals surface area contributed by atoms with E-state index in [1.165, 1.54) is 5.56 Å². The second kappa shape index (κ2) is 7.71. The van der Waals surface area contributed by atoms with Gasteiger partial charge in [-0.2, -0.15) is 0 Å². The predicted octanol–water partition coefficient (Wildman–Crippen LogP) is 3.96. The van der Waals surface area contributed by atoms with Crippen molar-refractivity contribution in [2.24, 2.45) is 4.99 Å². The van der Waals surface area contributed by atoms with Gasteiger partial charge in [-0.25, -0.2) is 0 Å². The lowest BCUT2D eigenvalue weighted by Crippen LogP contribution is -2.53. The third-order valence-electron chi connectivity index (χ3n) is 6.68. The van der Waals surface area contributed by atoms with E-state index in [0.717, 1.165) is 56.2 Å². The Morgan fingerprint density at radius 2 is 1.67 bits per heavy atom. The highest BCUT2D eigenvalue weighted by Crippen LogP contribution is 2.40. The van der Waals surface area contributed by atoms with Crippen LogP contribution in [-0.4, -0.2) is 41.2 Å². The summed E-state index contributed by atoms with van der Waals surface area (Å²) in [5.41, 5.74) is 2.97. The fraction of sp³-hybridized carbons (Fsp3) is 0.400. The van der Waals surface area contributed by atoms with Crippen molar-refractivity contribution in [3.8, 4) is 0 Å². The zero-order valence-electron chi connectivity index (χ0n) is 17.2. The average Bonchev–Trinajstić information content (AvgIpc) is 3.05. The van der Waals surface area contributed by atoms with Crippen LogP contribution in [0.4, 0.5) is 5.69 Å². The van der Waals surface area contributed by atoms with E-state index >= 15 is 0 Å². The van der Waals surface area contributed by atoms with Crippen LogP contribution in [0.3, 0.4) is 0 Å². The maximum atomic E-state index is 13.5. The summed E-state index contributed by atoms with van der Waals surface area (Å²) in [7, 11) is 0. The molecule has 5 rings (SSSR count). The van der Waals surface area contributed by atoms with Gasteiger partial charge in [0, 0.05) is 17.8 Å². The summed E-state index contributed by atoms with van der Waals surface area (Å²) in [4.78, 5) is 35.5. The molecule has 1 aliphatic carbocycles. The Morgan fingerprint density at radius 3 is 2.47 bits per heavy atom. The molecule has 1 fully saturated rings. The zero-order valence-corrected chi connectivity index (χ0v) is 17.2. The number of amides is 2. The van der Waals surface area contributed by atoms with E-state index in [9.17, 15) is 9.59 Å². The number of para-hydroxylation sites is 1. The summed E-state index contributed by atoms with van der Waals surface area (Å²) in [6.07, 6.45) is 6.85. The number of nitrogens with zero attached hydrogens (tertiary/aromatic N) is 3. The first-order valence-electron chi connectivity index (χ1n) is 11.0. The summed E-state index contributed by atoms with van der Waals surface area (Å²) in [5.74, 6) is -0.119. The first-order chi connectivity index (χ1) is 14.7. The molecule has 2 aromatic rings. The van der Waals surface area contributed by atoms with Crippen molar-refractivity contribution in [3.05, 3.63) is 65.7 Å². The highest BCUT2D eigenvalue weighted by Gasteiger charge is 2.48. The number of carbonyl (C=O) groups is 2. The lowest BCUT2D eigenvalue weighted by atomic mass is 9.88. The Morgan fingerprint density at radius 1 is 0.933 bits per heavy atom. The van der Waals surface area contributed by atoms with Gasteiger partial charge in [0.1, 0.15) is 17.9 Å². The number of aliphatic imine (C=N–C) groups is 1. The molecule has 0 aromatic heterocycles. The van der Waals surface area contributed by atoms with Gasteiger partial charge in [-0.05, 0) is 50.2 Å². The molecule has 3 aliphatic rings. The molecule has 2 aromatic carbocycles. The van der Waals surface area contributed by atoms with Gasteiger partial charge >= 0.3 is 0 Å². The fourth-order valence-corrected chi connectivity index (χ4v) is 5.15. The SMILES string of the molecule is O=C(CN1C(=O)C(c2ccccc2)=NC12CCCCC2)N1CCCc2ccccc21. The standard InChI is InChI=1S/C25H27N3O2/c29-22(27-17-9-13-19-10-5-6-14-21(19)27)18-28-24(30)23(20-11-3-1-4-12-20)26-25(28)15-7-2-8-16-25/h1,3-6,10-12,14H,2,7-9,13,15-18H2. The molecule has 2 amide bonds. The molecular formula is C25H27N3O2. The van der Waals surface area contributed by atoms with Crippen LogP contribution in [0.15, 0.2) is 59.6 Å². The van der Waals surface area contributed by atoms with E-state index in [-0.39, 0.29) is 18.4 Å². The zero-order chi connectivity index (χ0) is 20.6. The number of rotatable bonds is 3. The molecule has 0 radical (unpaired) electrons. The van der Waals surface area contributed by atoms with Crippen molar-refractivity contribution in [1.29, 1.82) is 0 Å². The lowest BCUT2D eigenvalue weighted by molar-refractivity contribution is -0.134. The predicted molar refractivity (Wildman–Crippen MR) is 118 cm³/mol. The number of carbonyl (C=O) groups excluding carboxylic acids is 2. The molecule has 0 unspecified atom stereocenters. The van der Waals surface area contributed by atoms with Gasteiger partial charge in [-0.1, -0.05) is 55.0 Å². The van der Waals surface area contributed by atoms with E-state index in [1.807, 2.05) is 53.4 Å². The summed E-state index contributed by atoms with van der Waals surface area (Å²) in [6, 6.07) is 17.8. The minimum absolute atomic E-state index is 0.00930. The van der Waals surface area contributed by atoms with Gasteiger partial charge in [-0.15, -0.1) is 0 Å². The van der Waals surface area contributed by atoms with Crippen molar-refractivity contribution >= 4 is 23.2 Å². The largest absolute Gasteiger partial charge is 0.311 e. The van der Waals surface area contributed by atoms with Gasteiger partial charge < -0.3 is 9.80 Å². The fourth-order valence-electron chi connectivity index (χ4n) is 5.15. The minimum atomic E-state index is -0.564. The highest BCUT2D eigenvalue weighted by atomic mass is 16.2. The van der Waals surface area contributed by atoms with Crippen molar-refractivity contribution in [2.75, 3.05) is 18.0 Å². The highest BCUT2D eigenvalue weighted by molar-refractivity contribution is 6.47. The Kier molecular flexibility index (Phi) is 4.89. The van der Waals surface area contributed by atoms with Crippen molar-refractivity contribution in [1.82, 2.24) is 4.90 Å². The van der Waals surface area contributed by atoms with Crippen molar-refractivity contribution in [2.45, 2.75) is 50.6 Å². The summed E-state index contributed by atoms with van der Waals surface area (Å²) in [5, 5.41) is 0. The Bertz CT molecular complexity index is 992.